The number of nitrogens with zero attached hydrogens (tertiary/aromatic N) is 3. The predicted molar refractivity (Wildman–Crippen MR) is 139 cm³/mol. The van der Waals surface area contributed by atoms with Crippen molar-refractivity contribution in [2.45, 2.75) is 25.0 Å². The lowest BCUT2D eigenvalue weighted by atomic mass is 9.69. The molecular weight excluding hydrogens is 528 g/mol. The number of benzene rings is 2. The minimum absolute atomic E-state index is 0.0648. The highest BCUT2D eigenvalue weighted by Crippen LogP contribution is 2.55. The third-order valence-electron chi connectivity index (χ3n) is 7.61. The van der Waals surface area contributed by atoms with Crippen molar-refractivity contribution in [3.63, 3.8) is 0 Å². The number of allylic oxidation sites excluding steroid dienone is 1. The maximum absolute atomic E-state index is 14.7. The standard InChI is InChI=1S/C27H25ClN4O7/c1-12-8-14-19(22(32-26(31-14)29-11-30-32)13-6-7-15(35-2)16(9-13)36-3)24(33)27(12)25(34)20-17(37-4)10-18(38-5)21(28)23(20)39-27/h6-7,9-12,22H,8H2,1-5H3,(H,29,30,31)/t12-,22?,27+/m1/s1. The van der Waals surface area contributed by atoms with Gasteiger partial charge in [-0.3, -0.25) is 9.59 Å². The minimum atomic E-state index is -1.86. The van der Waals surface area contributed by atoms with Gasteiger partial charge in [-0.1, -0.05) is 24.6 Å². The maximum atomic E-state index is 14.7. The highest BCUT2D eigenvalue weighted by atomic mass is 35.5. The zero-order chi connectivity index (χ0) is 27.6. The van der Waals surface area contributed by atoms with Gasteiger partial charge >= 0.3 is 0 Å². The number of hydrogen-bond donors (Lipinski definition) is 1. The largest absolute Gasteiger partial charge is 0.496 e. The molecule has 0 radical (unpaired) electrons. The molecule has 0 saturated carbocycles. The molecule has 6 rings (SSSR count). The van der Waals surface area contributed by atoms with Gasteiger partial charge < -0.3 is 29.0 Å². The number of rotatable bonds is 5. The minimum Gasteiger partial charge on any atom is -0.496 e. The summed E-state index contributed by atoms with van der Waals surface area (Å²) in [7, 11) is 5.95. The summed E-state index contributed by atoms with van der Waals surface area (Å²) in [6, 6.07) is 6.15. The van der Waals surface area contributed by atoms with Crippen LogP contribution in [0, 0.1) is 5.92 Å². The molecule has 2 aliphatic heterocycles. The second kappa shape index (κ2) is 8.91. The van der Waals surface area contributed by atoms with Gasteiger partial charge in [0, 0.05) is 23.3 Å². The van der Waals surface area contributed by atoms with Crippen LogP contribution in [-0.4, -0.2) is 60.4 Å². The van der Waals surface area contributed by atoms with E-state index < -0.39 is 29.1 Å². The average Bonchev–Trinajstić information content (AvgIpc) is 3.54. The number of ether oxygens (including phenoxy) is 5. The molecule has 3 heterocycles. The van der Waals surface area contributed by atoms with Crippen molar-refractivity contribution in [2.75, 3.05) is 33.8 Å². The van der Waals surface area contributed by atoms with Gasteiger partial charge in [-0.25, -0.2) is 4.68 Å². The van der Waals surface area contributed by atoms with Crippen molar-refractivity contribution in [2.24, 2.45) is 5.92 Å². The van der Waals surface area contributed by atoms with Crippen LogP contribution in [0.15, 0.2) is 41.9 Å². The summed E-state index contributed by atoms with van der Waals surface area (Å²) in [4.78, 5) is 33.2. The molecule has 11 nitrogen and oxygen atoms in total. The van der Waals surface area contributed by atoms with E-state index in [4.69, 9.17) is 35.3 Å². The van der Waals surface area contributed by atoms with Crippen molar-refractivity contribution >= 4 is 29.1 Å². The molecule has 3 atom stereocenters. The Hall–Kier alpha value is -4.25. The van der Waals surface area contributed by atoms with E-state index in [2.05, 4.69) is 15.4 Å². The van der Waals surface area contributed by atoms with Crippen LogP contribution in [0.3, 0.4) is 0 Å². The molecule has 1 spiro atoms. The van der Waals surface area contributed by atoms with Crippen LogP contribution in [0.5, 0.6) is 28.7 Å². The second-order valence-electron chi connectivity index (χ2n) is 9.46. The molecule has 1 aliphatic carbocycles. The molecule has 1 N–H and O–H groups in total. The van der Waals surface area contributed by atoms with Crippen LogP contribution in [0.25, 0.3) is 0 Å². The van der Waals surface area contributed by atoms with Crippen LogP contribution in [0.1, 0.15) is 35.3 Å². The monoisotopic (exact) mass is 552 g/mol. The lowest BCUT2D eigenvalue weighted by Gasteiger charge is -2.41. The molecule has 0 bridgehead atoms. The summed E-state index contributed by atoms with van der Waals surface area (Å²) >= 11 is 6.58. The van der Waals surface area contributed by atoms with E-state index >= 15 is 0 Å². The summed E-state index contributed by atoms with van der Waals surface area (Å²) in [5, 5.41) is 7.73. The van der Waals surface area contributed by atoms with E-state index in [0.29, 0.717) is 40.7 Å². The summed E-state index contributed by atoms with van der Waals surface area (Å²) in [6.07, 6.45) is 1.73. The number of aromatic nitrogens is 3. The number of halogens is 1. The van der Waals surface area contributed by atoms with Crippen LogP contribution in [0.4, 0.5) is 5.95 Å². The Bertz CT molecular complexity index is 1580. The van der Waals surface area contributed by atoms with E-state index in [1.807, 2.05) is 6.07 Å². The van der Waals surface area contributed by atoms with Gasteiger partial charge in [0.2, 0.25) is 23.1 Å². The number of hydrogen-bond acceptors (Lipinski definition) is 10. The number of Topliss-reactive ketones (excluding diaryl/α,β-unsaturated/α-hetero) is 2. The van der Waals surface area contributed by atoms with Crippen LogP contribution < -0.4 is 29.0 Å². The van der Waals surface area contributed by atoms with E-state index in [1.54, 1.807) is 30.8 Å². The van der Waals surface area contributed by atoms with Crippen LogP contribution in [-0.2, 0) is 4.79 Å². The Morgan fingerprint density at radius 3 is 2.41 bits per heavy atom. The molecule has 39 heavy (non-hydrogen) atoms. The molecule has 0 amide bonds. The first kappa shape index (κ1) is 25.1. The fraction of sp³-hybridized carbons (Fsp3) is 0.333. The first-order valence-electron chi connectivity index (χ1n) is 12.1. The third-order valence-corrected chi connectivity index (χ3v) is 7.96. The highest BCUT2D eigenvalue weighted by Gasteiger charge is 2.63. The van der Waals surface area contributed by atoms with Gasteiger partial charge in [0.05, 0.1) is 28.4 Å². The Kier molecular flexibility index (Phi) is 5.72. The lowest BCUT2D eigenvalue weighted by Crippen LogP contribution is -2.58. The number of methoxy groups -OCH3 is 4. The number of carbonyl (C=O) groups is 2. The molecule has 2 aromatic carbocycles. The topological polar surface area (TPSA) is 123 Å². The second-order valence-corrected chi connectivity index (χ2v) is 9.84. The van der Waals surface area contributed by atoms with Gasteiger partial charge in [-0.15, -0.1) is 0 Å². The van der Waals surface area contributed by atoms with E-state index in [1.165, 1.54) is 33.7 Å². The molecule has 1 unspecified atom stereocenters. The number of anilines is 1. The van der Waals surface area contributed by atoms with Crippen molar-refractivity contribution in [3.05, 3.63) is 58.0 Å². The van der Waals surface area contributed by atoms with Gasteiger partial charge in [0.25, 0.3) is 0 Å². The lowest BCUT2D eigenvalue weighted by molar-refractivity contribution is -0.130. The van der Waals surface area contributed by atoms with Crippen LogP contribution >= 0.6 is 11.6 Å². The van der Waals surface area contributed by atoms with Gasteiger partial charge in [0.1, 0.15) is 34.5 Å². The van der Waals surface area contributed by atoms with Gasteiger partial charge in [-0.05, 0) is 24.1 Å². The van der Waals surface area contributed by atoms with Crippen LogP contribution in [0.2, 0.25) is 5.02 Å². The zero-order valence-corrected chi connectivity index (χ0v) is 22.6. The molecular formula is C27H25ClN4O7. The molecule has 0 saturated heterocycles. The van der Waals surface area contributed by atoms with Crippen molar-refractivity contribution in [1.29, 1.82) is 0 Å². The Morgan fingerprint density at radius 1 is 1.00 bits per heavy atom. The number of fused-ring (bicyclic) bond motifs is 2. The summed E-state index contributed by atoms with van der Waals surface area (Å²) in [5.74, 6) is 0.463. The Balaban J connectivity index is 1.53. The normalized spacial score (nSPS) is 23.0. The number of carbonyl (C=O) groups excluding carboxylic acids is 2. The Labute approximate surface area is 228 Å². The third kappa shape index (κ3) is 3.29. The fourth-order valence-corrected chi connectivity index (χ4v) is 5.98. The summed E-state index contributed by atoms with van der Waals surface area (Å²) < 4.78 is 29.7. The van der Waals surface area contributed by atoms with Crippen molar-refractivity contribution in [3.8, 4) is 28.7 Å². The van der Waals surface area contributed by atoms with Crippen molar-refractivity contribution in [1.82, 2.24) is 14.8 Å². The average molecular weight is 553 g/mol. The molecule has 0 fully saturated rings. The molecule has 1 aromatic heterocycles. The number of ketones is 2. The van der Waals surface area contributed by atoms with Gasteiger partial charge in [-0.2, -0.15) is 10.1 Å². The SMILES string of the molecule is COc1ccc(C2C3=C(C[C@@H](C)[C@]4(Oc5c(Cl)c(OC)cc(OC)c5C4=O)C3=O)Nc3ncnn32)cc1OC. The first-order valence-corrected chi connectivity index (χ1v) is 12.5. The molecule has 12 heteroatoms. The molecule has 3 aromatic rings. The predicted octanol–water partition coefficient (Wildman–Crippen LogP) is 3.86. The molecule has 3 aliphatic rings. The van der Waals surface area contributed by atoms with Gasteiger partial charge in [0.15, 0.2) is 17.2 Å². The zero-order valence-electron chi connectivity index (χ0n) is 21.8. The first-order chi connectivity index (χ1) is 18.8. The molecule has 202 valence electrons. The fourth-order valence-electron chi connectivity index (χ4n) is 5.72. The van der Waals surface area contributed by atoms with Crippen molar-refractivity contribution < 1.29 is 33.3 Å². The van der Waals surface area contributed by atoms with E-state index in [-0.39, 0.29) is 27.8 Å². The Morgan fingerprint density at radius 2 is 1.72 bits per heavy atom. The van der Waals surface area contributed by atoms with E-state index in [0.717, 1.165) is 0 Å². The quantitative estimate of drug-likeness (QED) is 0.467. The number of nitrogens with one attached hydrogen (secondary N) is 1. The van der Waals surface area contributed by atoms with E-state index in [9.17, 15) is 9.59 Å². The highest BCUT2D eigenvalue weighted by molar-refractivity contribution is 6.36. The summed E-state index contributed by atoms with van der Waals surface area (Å²) in [6.45, 7) is 1.80. The summed E-state index contributed by atoms with van der Waals surface area (Å²) in [5.41, 5.74) is -0.0889. The smallest absolute Gasteiger partial charge is 0.236 e. The maximum Gasteiger partial charge on any atom is 0.236 e.